The number of fused-ring (bicyclic) bond motifs is 4. The fourth-order valence-electron chi connectivity index (χ4n) is 8.03. The summed E-state index contributed by atoms with van der Waals surface area (Å²) in [5.74, 6) is 2.44. The quantitative estimate of drug-likeness (QED) is 0.170. The van der Waals surface area contributed by atoms with Gasteiger partial charge >= 0.3 is 0 Å². The maximum atomic E-state index is 6.69. The number of aromatic nitrogens is 2. The molecule has 0 spiro atoms. The van der Waals surface area contributed by atoms with E-state index in [4.69, 9.17) is 9.72 Å². The molecule has 5 heteroatoms. The molecule has 0 radical (unpaired) electrons. The van der Waals surface area contributed by atoms with Gasteiger partial charge in [-0.1, -0.05) is 114 Å². The van der Waals surface area contributed by atoms with Crippen molar-refractivity contribution in [2.24, 2.45) is 0 Å². The third-order valence-corrected chi connectivity index (χ3v) is 11.1. The highest BCUT2D eigenvalue weighted by atomic mass is 16.5. The number of benzene rings is 6. The van der Waals surface area contributed by atoms with Crippen LogP contribution in [-0.4, -0.2) is 16.2 Å². The van der Waals surface area contributed by atoms with E-state index in [1.54, 1.807) is 0 Å². The van der Waals surface area contributed by atoms with Crippen LogP contribution in [0.3, 0.4) is 0 Å². The van der Waals surface area contributed by atoms with E-state index < -0.39 is 0 Å². The van der Waals surface area contributed by atoms with Crippen LogP contribution in [0.5, 0.6) is 11.5 Å². The summed E-state index contributed by atoms with van der Waals surface area (Å²) in [5.41, 5.74) is 13.1. The Kier molecular flexibility index (Phi) is 8.50. The number of rotatable bonds is 6. The predicted molar refractivity (Wildman–Crippen MR) is 235 cm³/mol. The lowest BCUT2D eigenvalue weighted by Crippen LogP contribution is -2.24. The normalized spacial score (nSPS) is 13.1. The van der Waals surface area contributed by atoms with Crippen molar-refractivity contribution in [1.29, 1.82) is 0 Å². The molecule has 1 aliphatic heterocycles. The van der Waals surface area contributed by atoms with Gasteiger partial charge in [-0.2, -0.15) is 0 Å². The number of hydrogen-bond donors (Lipinski definition) is 0. The van der Waals surface area contributed by atoms with Crippen molar-refractivity contribution in [3.05, 3.63) is 168 Å². The molecule has 0 fully saturated rings. The maximum absolute atomic E-state index is 6.69. The number of pyridine rings is 1. The molecule has 8 aromatic rings. The molecule has 0 N–H and O–H groups in total. The van der Waals surface area contributed by atoms with Crippen LogP contribution in [0.4, 0.5) is 22.7 Å². The molecular formula is C51H48N4O. The van der Waals surface area contributed by atoms with Gasteiger partial charge in [0.15, 0.2) is 0 Å². The summed E-state index contributed by atoms with van der Waals surface area (Å²) < 4.78 is 8.96. The molecule has 278 valence electrons. The van der Waals surface area contributed by atoms with Crippen molar-refractivity contribution in [2.75, 3.05) is 16.5 Å². The lowest BCUT2D eigenvalue weighted by Gasteiger charge is -2.25. The summed E-state index contributed by atoms with van der Waals surface area (Å²) in [4.78, 5) is 9.86. The van der Waals surface area contributed by atoms with Crippen LogP contribution < -0.4 is 14.5 Å². The Morgan fingerprint density at radius 3 is 1.86 bits per heavy atom. The average molecular weight is 733 g/mol. The van der Waals surface area contributed by atoms with Crippen LogP contribution >= 0.6 is 0 Å². The Balaban J connectivity index is 1.05. The predicted octanol–water partition coefficient (Wildman–Crippen LogP) is 13.8. The second-order valence-corrected chi connectivity index (χ2v) is 17.1. The summed E-state index contributed by atoms with van der Waals surface area (Å²) in [7, 11) is 0. The zero-order valence-corrected chi connectivity index (χ0v) is 33.3. The summed E-state index contributed by atoms with van der Waals surface area (Å²) in [6.07, 6.45) is 2.03. The topological polar surface area (TPSA) is 33.5 Å². The first kappa shape index (κ1) is 35.4. The number of ether oxygens (including phenoxy) is 1. The van der Waals surface area contributed by atoms with E-state index >= 15 is 0 Å². The molecule has 2 aromatic heterocycles. The molecular weight excluding hydrogens is 685 g/mol. The number of aryl methyl sites for hydroxylation is 1. The van der Waals surface area contributed by atoms with Gasteiger partial charge in [0.2, 0.25) is 0 Å². The Labute approximate surface area is 330 Å². The molecule has 56 heavy (non-hydrogen) atoms. The van der Waals surface area contributed by atoms with Gasteiger partial charge in [-0.05, 0) is 101 Å². The van der Waals surface area contributed by atoms with Gasteiger partial charge in [0.1, 0.15) is 24.0 Å². The summed E-state index contributed by atoms with van der Waals surface area (Å²) in [6.45, 7) is 16.4. The van der Waals surface area contributed by atoms with Gasteiger partial charge in [0.25, 0.3) is 0 Å². The fraction of sp³-hybridized carbons (Fsp3) is 0.196. The molecule has 0 bridgehead atoms. The van der Waals surface area contributed by atoms with Crippen LogP contribution in [-0.2, 0) is 10.8 Å². The van der Waals surface area contributed by atoms with Gasteiger partial charge in [0.05, 0.1) is 22.4 Å². The zero-order chi connectivity index (χ0) is 38.8. The molecule has 5 nitrogen and oxygen atoms in total. The minimum absolute atomic E-state index is 0.0667. The van der Waals surface area contributed by atoms with Gasteiger partial charge in [-0.3, -0.25) is 4.57 Å². The van der Waals surface area contributed by atoms with E-state index in [-0.39, 0.29) is 10.8 Å². The Bertz CT molecular complexity index is 2760. The number of para-hydroxylation sites is 3. The maximum Gasteiger partial charge on any atom is 0.137 e. The lowest BCUT2D eigenvalue weighted by atomic mass is 9.85. The summed E-state index contributed by atoms with van der Waals surface area (Å²) >= 11 is 0. The first-order valence-corrected chi connectivity index (χ1v) is 19.6. The minimum atomic E-state index is 0.0667. The van der Waals surface area contributed by atoms with Gasteiger partial charge < -0.3 is 14.5 Å². The van der Waals surface area contributed by atoms with E-state index in [1.807, 2.05) is 12.3 Å². The third kappa shape index (κ3) is 6.37. The first-order valence-electron chi connectivity index (χ1n) is 19.6. The third-order valence-electron chi connectivity index (χ3n) is 11.1. The standard InChI is InChI=1S/C51H48N4O/c1-34-27-49(52-32-44(34)35-15-12-16-36(28-35)50(2,3)4)55-45-22-9-8-21-42(45)43-26-25-41(31-48(43)55)56-40-20-14-19-39(30-40)54-33-53(46-23-10-11-24-47(46)54)38-18-13-17-37(29-38)51(5,6)7/h8-32H,33H2,1-7H3. The van der Waals surface area contributed by atoms with Crippen molar-refractivity contribution in [2.45, 2.75) is 59.3 Å². The van der Waals surface area contributed by atoms with Gasteiger partial charge in [0, 0.05) is 46.0 Å². The number of anilines is 4. The SMILES string of the molecule is Cc1cc(-n2c3ccccc3c3ccc(Oc4cccc(N5CN(c6cccc(C(C)(C)C)c6)c6ccccc65)c4)cc32)ncc1-c1cccc(C(C)(C)C)c1. The van der Waals surface area contributed by atoms with E-state index in [9.17, 15) is 0 Å². The fourth-order valence-corrected chi connectivity index (χ4v) is 8.03. The highest BCUT2D eigenvalue weighted by molar-refractivity contribution is 6.09. The van der Waals surface area contributed by atoms with Crippen LogP contribution in [0.15, 0.2) is 152 Å². The molecule has 0 aliphatic carbocycles. The molecule has 0 amide bonds. The Morgan fingerprint density at radius 2 is 1.14 bits per heavy atom. The second-order valence-electron chi connectivity index (χ2n) is 17.1. The molecule has 9 rings (SSSR count). The van der Waals surface area contributed by atoms with Crippen molar-refractivity contribution >= 4 is 44.6 Å². The highest BCUT2D eigenvalue weighted by Crippen LogP contribution is 2.45. The minimum Gasteiger partial charge on any atom is -0.457 e. The van der Waals surface area contributed by atoms with Crippen LogP contribution in [0.2, 0.25) is 0 Å². The van der Waals surface area contributed by atoms with E-state index in [0.717, 1.165) is 45.0 Å². The lowest BCUT2D eigenvalue weighted by molar-refractivity contribution is 0.483. The van der Waals surface area contributed by atoms with Crippen LogP contribution in [0.25, 0.3) is 38.8 Å². The van der Waals surface area contributed by atoms with E-state index in [0.29, 0.717) is 6.67 Å². The highest BCUT2D eigenvalue weighted by Gasteiger charge is 2.29. The molecule has 1 aliphatic rings. The molecule has 0 unspecified atom stereocenters. The van der Waals surface area contributed by atoms with Gasteiger partial charge in [-0.25, -0.2) is 4.98 Å². The van der Waals surface area contributed by atoms with Crippen molar-refractivity contribution < 1.29 is 4.74 Å². The Morgan fingerprint density at radius 1 is 0.536 bits per heavy atom. The van der Waals surface area contributed by atoms with Gasteiger partial charge in [-0.15, -0.1) is 0 Å². The molecule has 0 saturated heterocycles. The average Bonchev–Trinajstić information content (AvgIpc) is 3.74. The Hall–Kier alpha value is -6.33. The molecule has 0 saturated carbocycles. The molecule has 0 atom stereocenters. The van der Waals surface area contributed by atoms with E-state index in [2.05, 4.69) is 202 Å². The smallest absolute Gasteiger partial charge is 0.137 e. The monoisotopic (exact) mass is 732 g/mol. The van der Waals surface area contributed by atoms with Crippen molar-refractivity contribution in [3.63, 3.8) is 0 Å². The van der Waals surface area contributed by atoms with Crippen molar-refractivity contribution in [3.8, 4) is 28.4 Å². The summed E-state index contributed by atoms with van der Waals surface area (Å²) in [6, 6.07) is 52.0. The first-order chi connectivity index (χ1) is 26.9. The second kappa shape index (κ2) is 13.5. The largest absolute Gasteiger partial charge is 0.457 e. The molecule has 3 heterocycles. The zero-order valence-electron chi connectivity index (χ0n) is 33.3. The van der Waals surface area contributed by atoms with Crippen molar-refractivity contribution in [1.82, 2.24) is 9.55 Å². The number of hydrogen-bond acceptors (Lipinski definition) is 4. The summed E-state index contributed by atoms with van der Waals surface area (Å²) in [5, 5.41) is 2.34. The van der Waals surface area contributed by atoms with Crippen LogP contribution in [0, 0.1) is 6.92 Å². The van der Waals surface area contributed by atoms with Crippen LogP contribution in [0.1, 0.15) is 58.2 Å². The number of nitrogens with zero attached hydrogens (tertiary/aromatic N) is 4. The molecule has 6 aromatic carbocycles. The van der Waals surface area contributed by atoms with E-state index in [1.165, 1.54) is 44.7 Å².